The smallest absolute Gasteiger partial charge is 0.234 e. The standard InChI is InChI=1S/C14H28N2O/c1-10(2)16-13(17)9-15-12-6-11(3)7-14(4,5)8-12/h10-12,15H,6-9H2,1-5H3,(H,16,17). The number of carbonyl (C=O) groups is 1. The molecule has 3 nitrogen and oxygen atoms in total. The molecule has 0 aromatic carbocycles. The maximum Gasteiger partial charge on any atom is 0.234 e. The van der Waals surface area contributed by atoms with Crippen molar-refractivity contribution < 1.29 is 4.79 Å². The Bertz CT molecular complexity index is 261. The topological polar surface area (TPSA) is 41.1 Å². The zero-order valence-corrected chi connectivity index (χ0v) is 12.0. The van der Waals surface area contributed by atoms with Gasteiger partial charge in [0.2, 0.25) is 5.91 Å². The summed E-state index contributed by atoms with van der Waals surface area (Å²) in [6.45, 7) is 11.4. The highest BCUT2D eigenvalue weighted by Crippen LogP contribution is 2.38. The Morgan fingerprint density at radius 1 is 1.35 bits per heavy atom. The molecule has 1 fully saturated rings. The Labute approximate surface area is 106 Å². The van der Waals surface area contributed by atoms with Crippen molar-refractivity contribution in [1.29, 1.82) is 0 Å². The predicted molar refractivity (Wildman–Crippen MR) is 71.9 cm³/mol. The molecule has 0 aromatic rings. The Kier molecular flexibility index (Phi) is 4.99. The molecule has 1 amide bonds. The van der Waals surface area contributed by atoms with E-state index in [1.165, 1.54) is 19.3 Å². The van der Waals surface area contributed by atoms with Crippen LogP contribution in [0.15, 0.2) is 0 Å². The lowest BCUT2D eigenvalue weighted by molar-refractivity contribution is -0.121. The maximum atomic E-state index is 11.6. The molecule has 2 N–H and O–H groups in total. The lowest BCUT2D eigenvalue weighted by Gasteiger charge is -2.39. The number of rotatable bonds is 4. The van der Waals surface area contributed by atoms with Crippen LogP contribution in [0.1, 0.15) is 53.9 Å². The molecule has 0 aliphatic heterocycles. The van der Waals surface area contributed by atoms with E-state index in [0.29, 0.717) is 18.0 Å². The third kappa shape index (κ3) is 5.53. The molecule has 0 heterocycles. The van der Waals surface area contributed by atoms with Crippen LogP contribution >= 0.6 is 0 Å². The highest BCUT2D eigenvalue weighted by molar-refractivity contribution is 5.78. The molecule has 0 saturated heterocycles. The molecule has 3 heteroatoms. The predicted octanol–water partition coefficient (Wildman–Crippen LogP) is 2.32. The summed E-state index contributed by atoms with van der Waals surface area (Å²) in [5, 5.41) is 6.31. The van der Waals surface area contributed by atoms with E-state index in [4.69, 9.17) is 0 Å². The van der Waals surface area contributed by atoms with E-state index in [-0.39, 0.29) is 11.9 Å². The molecule has 1 aliphatic rings. The summed E-state index contributed by atoms with van der Waals surface area (Å²) in [6, 6.07) is 0.720. The molecular formula is C14H28N2O. The fraction of sp³-hybridized carbons (Fsp3) is 0.929. The van der Waals surface area contributed by atoms with Crippen molar-refractivity contribution in [2.24, 2.45) is 11.3 Å². The van der Waals surface area contributed by atoms with E-state index in [1.807, 2.05) is 13.8 Å². The van der Waals surface area contributed by atoms with Crippen molar-refractivity contribution in [1.82, 2.24) is 10.6 Å². The highest BCUT2D eigenvalue weighted by atomic mass is 16.1. The minimum Gasteiger partial charge on any atom is -0.353 e. The summed E-state index contributed by atoms with van der Waals surface area (Å²) in [5.74, 6) is 0.862. The summed E-state index contributed by atoms with van der Waals surface area (Å²) in [6.07, 6.45) is 3.66. The molecule has 0 radical (unpaired) electrons. The first-order chi connectivity index (χ1) is 7.78. The van der Waals surface area contributed by atoms with Gasteiger partial charge in [-0.05, 0) is 44.4 Å². The van der Waals surface area contributed by atoms with Gasteiger partial charge in [0, 0.05) is 12.1 Å². The zero-order valence-electron chi connectivity index (χ0n) is 12.0. The highest BCUT2D eigenvalue weighted by Gasteiger charge is 2.31. The monoisotopic (exact) mass is 240 g/mol. The molecular weight excluding hydrogens is 212 g/mol. The van der Waals surface area contributed by atoms with Crippen LogP contribution < -0.4 is 10.6 Å². The van der Waals surface area contributed by atoms with Crippen LogP contribution in [0.5, 0.6) is 0 Å². The molecule has 0 spiro atoms. The first kappa shape index (κ1) is 14.5. The van der Waals surface area contributed by atoms with Crippen LogP contribution in [0.3, 0.4) is 0 Å². The second kappa shape index (κ2) is 5.85. The van der Waals surface area contributed by atoms with Gasteiger partial charge in [-0.2, -0.15) is 0 Å². The number of hydrogen-bond donors (Lipinski definition) is 2. The molecule has 0 bridgehead atoms. The van der Waals surface area contributed by atoms with Crippen LogP contribution in [-0.4, -0.2) is 24.5 Å². The second-order valence-electron chi connectivity index (χ2n) is 6.71. The van der Waals surface area contributed by atoms with Gasteiger partial charge in [0.15, 0.2) is 0 Å². The lowest BCUT2D eigenvalue weighted by atomic mass is 9.70. The Balaban J connectivity index is 2.34. The molecule has 1 rings (SSSR count). The molecule has 100 valence electrons. The van der Waals surface area contributed by atoms with Gasteiger partial charge >= 0.3 is 0 Å². The van der Waals surface area contributed by atoms with Crippen molar-refractivity contribution >= 4 is 5.91 Å². The second-order valence-corrected chi connectivity index (χ2v) is 6.71. The fourth-order valence-electron chi connectivity index (χ4n) is 3.11. The van der Waals surface area contributed by atoms with Gasteiger partial charge in [-0.3, -0.25) is 4.79 Å². The third-order valence-electron chi connectivity index (χ3n) is 3.39. The molecule has 2 atom stereocenters. The van der Waals surface area contributed by atoms with E-state index < -0.39 is 0 Å². The van der Waals surface area contributed by atoms with Gasteiger partial charge in [-0.15, -0.1) is 0 Å². The van der Waals surface area contributed by atoms with Gasteiger partial charge in [-0.25, -0.2) is 0 Å². The van der Waals surface area contributed by atoms with Gasteiger partial charge < -0.3 is 10.6 Å². The van der Waals surface area contributed by atoms with Crippen LogP contribution in [0.4, 0.5) is 0 Å². The van der Waals surface area contributed by atoms with Gasteiger partial charge in [0.1, 0.15) is 0 Å². The number of carbonyl (C=O) groups excluding carboxylic acids is 1. The molecule has 1 saturated carbocycles. The summed E-state index contributed by atoms with van der Waals surface area (Å²) in [7, 11) is 0. The minimum atomic E-state index is 0.107. The van der Waals surface area contributed by atoms with Gasteiger partial charge in [-0.1, -0.05) is 20.8 Å². The Hall–Kier alpha value is -0.570. The number of nitrogens with one attached hydrogen (secondary N) is 2. The first-order valence-corrected chi connectivity index (χ1v) is 6.81. The molecule has 2 unspecified atom stereocenters. The van der Waals surface area contributed by atoms with Crippen molar-refractivity contribution in [3.8, 4) is 0 Å². The number of hydrogen-bond acceptors (Lipinski definition) is 2. The Morgan fingerprint density at radius 3 is 2.53 bits per heavy atom. The molecule has 0 aromatic heterocycles. The average Bonchev–Trinajstić information content (AvgIpc) is 2.10. The van der Waals surface area contributed by atoms with Gasteiger partial charge in [0.05, 0.1) is 6.54 Å². The largest absolute Gasteiger partial charge is 0.353 e. The van der Waals surface area contributed by atoms with E-state index >= 15 is 0 Å². The van der Waals surface area contributed by atoms with E-state index in [1.54, 1.807) is 0 Å². The van der Waals surface area contributed by atoms with Crippen LogP contribution in [0.25, 0.3) is 0 Å². The van der Waals surface area contributed by atoms with Crippen LogP contribution in [0.2, 0.25) is 0 Å². The van der Waals surface area contributed by atoms with E-state index in [0.717, 1.165) is 5.92 Å². The maximum absolute atomic E-state index is 11.6. The van der Waals surface area contributed by atoms with E-state index in [2.05, 4.69) is 31.4 Å². The minimum absolute atomic E-state index is 0.107. The van der Waals surface area contributed by atoms with Crippen molar-refractivity contribution in [2.45, 2.75) is 66.0 Å². The summed E-state index contributed by atoms with van der Waals surface area (Å²) < 4.78 is 0. The SMILES string of the molecule is CC1CC(NCC(=O)NC(C)C)CC(C)(C)C1. The Morgan fingerprint density at radius 2 is 2.00 bits per heavy atom. The first-order valence-electron chi connectivity index (χ1n) is 6.81. The summed E-state index contributed by atoms with van der Waals surface area (Å²) in [4.78, 5) is 11.6. The van der Waals surface area contributed by atoms with E-state index in [9.17, 15) is 4.79 Å². The third-order valence-corrected chi connectivity index (χ3v) is 3.39. The van der Waals surface area contributed by atoms with Crippen molar-refractivity contribution in [3.05, 3.63) is 0 Å². The quantitative estimate of drug-likeness (QED) is 0.792. The van der Waals surface area contributed by atoms with Crippen LogP contribution in [-0.2, 0) is 4.79 Å². The number of amides is 1. The van der Waals surface area contributed by atoms with Gasteiger partial charge in [0.25, 0.3) is 0 Å². The summed E-state index contributed by atoms with van der Waals surface area (Å²) >= 11 is 0. The molecule has 17 heavy (non-hydrogen) atoms. The van der Waals surface area contributed by atoms with Crippen LogP contribution in [0, 0.1) is 11.3 Å². The average molecular weight is 240 g/mol. The normalized spacial score (nSPS) is 28.1. The summed E-state index contributed by atoms with van der Waals surface area (Å²) in [5.41, 5.74) is 0.407. The fourth-order valence-corrected chi connectivity index (χ4v) is 3.11. The molecule has 1 aliphatic carbocycles. The zero-order chi connectivity index (χ0) is 13.1. The lowest BCUT2D eigenvalue weighted by Crippen LogP contribution is -2.45. The van der Waals surface area contributed by atoms with Crippen molar-refractivity contribution in [3.63, 3.8) is 0 Å². The van der Waals surface area contributed by atoms with Crippen molar-refractivity contribution in [2.75, 3.05) is 6.54 Å².